The minimum absolute atomic E-state index is 0.477. The maximum absolute atomic E-state index is 9.81. The molecule has 4 nitrogen and oxygen atoms in total. The van der Waals surface area contributed by atoms with Crippen LogP contribution in [0.25, 0.3) is 0 Å². The van der Waals surface area contributed by atoms with Gasteiger partial charge in [0.15, 0.2) is 0 Å². The molecule has 1 aromatic heterocycles. The first kappa shape index (κ1) is 10.6. The van der Waals surface area contributed by atoms with Crippen LogP contribution in [0.5, 0.6) is 0 Å². The van der Waals surface area contributed by atoms with Crippen LogP contribution in [0.1, 0.15) is 18.9 Å². The normalized spacial score (nSPS) is 27.4. The summed E-state index contributed by atoms with van der Waals surface area (Å²) in [5.74, 6) is 0. The van der Waals surface area contributed by atoms with Crippen LogP contribution in [0.4, 0.5) is 0 Å². The number of β-amino-alcohol motifs (C(OH)–C–C–N with tert-alkyl or cyclic N) is 1. The van der Waals surface area contributed by atoms with Crippen LogP contribution in [0, 0.1) is 0 Å². The summed E-state index contributed by atoms with van der Waals surface area (Å²) in [5, 5.41) is 13.9. The quantitative estimate of drug-likeness (QED) is 0.784. The third-order valence-corrected chi connectivity index (χ3v) is 3.01. The van der Waals surface area contributed by atoms with Gasteiger partial charge in [0.1, 0.15) is 0 Å². The molecule has 1 N–H and O–H groups in total. The Balaban J connectivity index is 1.80. The highest BCUT2D eigenvalue weighted by atomic mass is 16.3. The zero-order chi connectivity index (χ0) is 10.9. The second kappa shape index (κ2) is 3.94. The van der Waals surface area contributed by atoms with Gasteiger partial charge in [0.25, 0.3) is 0 Å². The predicted molar refractivity (Wildman–Crippen MR) is 58.6 cm³/mol. The first-order valence-electron chi connectivity index (χ1n) is 5.47. The van der Waals surface area contributed by atoms with Crippen molar-refractivity contribution < 1.29 is 5.11 Å². The van der Waals surface area contributed by atoms with E-state index in [1.165, 1.54) is 5.56 Å². The number of aromatic nitrogens is 2. The van der Waals surface area contributed by atoms with Crippen LogP contribution in [-0.2, 0) is 13.5 Å². The summed E-state index contributed by atoms with van der Waals surface area (Å²) >= 11 is 0. The highest BCUT2D eigenvalue weighted by Gasteiger charge is 2.30. The second-order valence-corrected chi connectivity index (χ2v) is 4.80. The number of aliphatic hydroxyl groups is 1. The second-order valence-electron chi connectivity index (χ2n) is 4.80. The summed E-state index contributed by atoms with van der Waals surface area (Å²) in [4.78, 5) is 2.31. The summed E-state index contributed by atoms with van der Waals surface area (Å²) in [6, 6.07) is 0. The summed E-state index contributed by atoms with van der Waals surface area (Å²) < 4.78 is 1.83. The molecule has 1 unspecified atom stereocenters. The molecule has 1 aromatic rings. The van der Waals surface area contributed by atoms with Gasteiger partial charge in [-0.15, -0.1) is 0 Å². The summed E-state index contributed by atoms with van der Waals surface area (Å²) in [6.07, 6.45) is 5.87. The molecule has 4 heteroatoms. The smallest absolute Gasteiger partial charge is 0.0758 e. The van der Waals surface area contributed by atoms with Crippen molar-refractivity contribution in [2.45, 2.75) is 25.4 Å². The Morgan fingerprint density at radius 3 is 2.93 bits per heavy atom. The minimum Gasteiger partial charge on any atom is -0.389 e. The average molecular weight is 209 g/mol. The number of aryl methyl sites for hydroxylation is 1. The first-order valence-corrected chi connectivity index (χ1v) is 5.47. The first-order chi connectivity index (χ1) is 7.05. The van der Waals surface area contributed by atoms with E-state index in [0.29, 0.717) is 0 Å². The molecule has 0 aromatic carbocycles. The Bertz CT molecular complexity index is 332. The molecule has 0 saturated carbocycles. The molecule has 1 atom stereocenters. The maximum Gasteiger partial charge on any atom is 0.0758 e. The largest absolute Gasteiger partial charge is 0.389 e. The van der Waals surface area contributed by atoms with Crippen LogP contribution in [-0.4, -0.2) is 45.0 Å². The predicted octanol–water partition coefficient (Wildman–Crippen LogP) is 0.419. The van der Waals surface area contributed by atoms with E-state index in [2.05, 4.69) is 10.00 Å². The summed E-state index contributed by atoms with van der Waals surface area (Å²) in [7, 11) is 1.93. The van der Waals surface area contributed by atoms with Crippen molar-refractivity contribution in [3.8, 4) is 0 Å². The number of rotatable bonds is 3. The van der Waals surface area contributed by atoms with Gasteiger partial charge in [0, 0.05) is 32.9 Å². The van der Waals surface area contributed by atoms with E-state index in [0.717, 1.165) is 32.5 Å². The number of hydrogen-bond donors (Lipinski definition) is 1. The Kier molecular flexibility index (Phi) is 2.80. The molecule has 15 heavy (non-hydrogen) atoms. The lowest BCUT2D eigenvalue weighted by molar-refractivity contribution is 0.0689. The SMILES string of the molecule is Cn1cc(CCN2CCC(C)(O)C2)cn1. The van der Waals surface area contributed by atoms with Crippen molar-refractivity contribution in [2.75, 3.05) is 19.6 Å². The van der Waals surface area contributed by atoms with E-state index >= 15 is 0 Å². The number of nitrogens with zero attached hydrogens (tertiary/aromatic N) is 3. The van der Waals surface area contributed by atoms with Crippen molar-refractivity contribution in [2.24, 2.45) is 7.05 Å². The highest BCUT2D eigenvalue weighted by Crippen LogP contribution is 2.20. The van der Waals surface area contributed by atoms with E-state index in [1.807, 2.05) is 31.0 Å². The van der Waals surface area contributed by atoms with Gasteiger partial charge in [-0.2, -0.15) is 5.10 Å². The van der Waals surface area contributed by atoms with Gasteiger partial charge >= 0.3 is 0 Å². The van der Waals surface area contributed by atoms with Crippen LogP contribution in [0.15, 0.2) is 12.4 Å². The van der Waals surface area contributed by atoms with Gasteiger partial charge in [-0.1, -0.05) is 0 Å². The summed E-state index contributed by atoms with van der Waals surface area (Å²) in [5.41, 5.74) is 0.790. The molecular weight excluding hydrogens is 190 g/mol. The van der Waals surface area contributed by atoms with E-state index in [-0.39, 0.29) is 0 Å². The third-order valence-electron chi connectivity index (χ3n) is 3.01. The topological polar surface area (TPSA) is 41.3 Å². The summed E-state index contributed by atoms with van der Waals surface area (Å²) in [6.45, 7) is 4.74. The fourth-order valence-corrected chi connectivity index (χ4v) is 2.12. The Morgan fingerprint density at radius 2 is 2.40 bits per heavy atom. The Hall–Kier alpha value is -0.870. The molecule has 0 amide bonds. The van der Waals surface area contributed by atoms with Gasteiger partial charge in [-0.3, -0.25) is 4.68 Å². The molecule has 2 rings (SSSR count). The van der Waals surface area contributed by atoms with Gasteiger partial charge in [-0.25, -0.2) is 0 Å². The number of hydrogen-bond acceptors (Lipinski definition) is 3. The lowest BCUT2D eigenvalue weighted by atomic mass is 10.1. The lowest BCUT2D eigenvalue weighted by Crippen LogP contribution is -2.30. The van der Waals surface area contributed by atoms with Crippen LogP contribution < -0.4 is 0 Å². The van der Waals surface area contributed by atoms with Crippen molar-refractivity contribution >= 4 is 0 Å². The van der Waals surface area contributed by atoms with E-state index in [1.54, 1.807) is 0 Å². The van der Waals surface area contributed by atoms with Crippen molar-refractivity contribution in [3.05, 3.63) is 18.0 Å². The van der Waals surface area contributed by atoms with Crippen molar-refractivity contribution in [1.82, 2.24) is 14.7 Å². The fourth-order valence-electron chi connectivity index (χ4n) is 2.12. The maximum atomic E-state index is 9.81. The van der Waals surface area contributed by atoms with Crippen LogP contribution >= 0.6 is 0 Å². The van der Waals surface area contributed by atoms with Gasteiger partial charge < -0.3 is 10.0 Å². The molecule has 1 fully saturated rings. The van der Waals surface area contributed by atoms with Gasteiger partial charge in [0.2, 0.25) is 0 Å². The average Bonchev–Trinajstić information content (AvgIpc) is 2.69. The van der Waals surface area contributed by atoms with Crippen LogP contribution in [0.2, 0.25) is 0 Å². The molecule has 2 heterocycles. The number of likely N-dealkylation sites (tertiary alicyclic amines) is 1. The molecule has 0 radical (unpaired) electrons. The molecule has 84 valence electrons. The van der Waals surface area contributed by atoms with Crippen molar-refractivity contribution in [1.29, 1.82) is 0 Å². The standard InChI is InChI=1S/C11H19N3O/c1-11(15)4-6-14(9-11)5-3-10-7-12-13(2)8-10/h7-8,15H,3-6,9H2,1-2H3. The molecule has 1 aliphatic rings. The molecule has 1 aliphatic heterocycles. The molecule has 0 bridgehead atoms. The molecule has 0 aliphatic carbocycles. The van der Waals surface area contributed by atoms with Gasteiger partial charge in [-0.05, 0) is 25.3 Å². The minimum atomic E-state index is -0.477. The lowest BCUT2D eigenvalue weighted by Gasteiger charge is -2.18. The van der Waals surface area contributed by atoms with Gasteiger partial charge in [0.05, 0.1) is 11.8 Å². The Labute approximate surface area is 90.5 Å². The monoisotopic (exact) mass is 209 g/mol. The van der Waals surface area contributed by atoms with E-state index in [9.17, 15) is 5.11 Å². The highest BCUT2D eigenvalue weighted by molar-refractivity contribution is 5.04. The third kappa shape index (κ3) is 2.79. The molecule has 0 spiro atoms. The van der Waals surface area contributed by atoms with E-state index < -0.39 is 5.60 Å². The Morgan fingerprint density at radius 1 is 1.60 bits per heavy atom. The van der Waals surface area contributed by atoms with E-state index in [4.69, 9.17) is 0 Å². The zero-order valence-electron chi connectivity index (χ0n) is 9.48. The van der Waals surface area contributed by atoms with Crippen LogP contribution in [0.3, 0.4) is 0 Å². The zero-order valence-corrected chi connectivity index (χ0v) is 9.48. The molecular formula is C11H19N3O. The van der Waals surface area contributed by atoms with Crippen molar-refractivity contribution in [3.63, 3.8) is 0 Å². The molecule has 1 saturated heterocycles. The fraction of sp³-hybridized carbons (Fsp3) is 0.727.